The van der Waals surface area contributed by atoms with Gasteiger partial charge in [0.15, 0.2) is 0 Å². The lowest BCUT2D eigenvalue weighted by molar-refractivity contribution is 0.225. The van der Waals surface area contributed by atoms with Crippen LogP contribution >= 0.6 is 22.9 Å². The summed E-state index contributed by atoms with van der Waals surface area (Å²) in [5, 5.41) is 0. The highest BCUT2D eigenvalue weighted by Crippen LogP contribution is 2.28. The maximum atomic E-state index is 12.7. The van der Waals surface area contributed by atoms with Crippen LogP contribution in [0, 0.1) is 0 Å². The SMILES string of the molecule is CCN(CC)C1CCN(S(=O)(=O)c2ccc(CCCl)s2)C1. The molecule has 0 spiro atoms. The van der Waals surface area contributed by atoms with Gasteiger partial charge in [-0.15, -0.1) is 22.9 Å². The third kappa shape index (κ3) is 3.79. The van der Waals surface area contributed by atoms with Crippen molar-refractivity contribution in [3.05, 3.63) is 17.0 Å². The van der Waals surface area contributed by atoms with Crippen molar-refractivity contribution in [2.75, 3.05) is 32.1 Å². The Hall–Kier alpha value is -0.140. The van der Waals surface area contributed by atoms with Gasteiger partial charge in [0.1, 0.15) is 4.21 Å². The molecule has 1 aromatic heterocycles. The van der Waals surface area contributed by atoms with E-state index >= 15 is 0 Å². The highest BCUT2D eigenvalue weighted by Gasteiger charge is 2.35. The molecule has 1 unspecified atom stereocenters. The van der Waals surface area contributed by atoms with Gasteiger partial charge in [-0.2, -0.15) is 4.31 Å². The Kier molecular flexibility index (Phi) is 6.08. The zero-order chi connectivity index (χ0) is 15.5. The van der Waals surface area contributed by atoms with Gasteiger partial charge in [-0.1, -0.05) is 13.8 Å². The number of halogens is 1. The first kappa shape index (κ1) is 17.2. The lowest BCUT2D eigenvalue weighted by atomic mass is 10.2. The van der Waals surface area contributed by atoms with Crippen molar-refractivity contribution >= 4 is 33.0 Å². The third-order valence-corrected chi connectivity index (χ3v) is 7.69. The smallest absolute Gasteiger partial charge is 0.252 e. The van der Waals surface area contributed by atoms with Crippen LogP contribution in [0.5, 0.6) is 0 Å². The molecule has 7 heteroatoms. The first-order chi connectivity index (χ1) is 10.0. The zero-order valence-corrected chi connectivity index (χ0v) is 15.0. The van der Waals surface area contributed by atoms with Crippen LogP contribution in [-0.4, -0.2) is 55.7 Å². The van der Waals surface area contributed by atoms with Crippen LogP contribution in [0.25, 0.3) is 0 Å². The number of thiophene rings is 1. The van der Waals surface area contributed by atoms with E-state index in [9.17, 15) is 8.42 Å². The number of rotatable bonds is 7. The van der Waals surface area contributed by atoms with Crippen LogP contribution in [0.15, 0.2) is 16.3 Å². The molecule has 1 aromatic rings. The molecule has 0 bridgehead atoms. The molecule has 0 N–H and O–H groups in total. The van der Waals surface area contributed by atoms with Gasteiger partial charge in [0.25, 0.3) is 10.0 Å². The molecule has 0 saturated carbocycles. The van der Waals surface area contributed by atoms with Crippen LogP contribution in [0.2, 0.25) is 0 Å². The molecule has 1 fully saturated rings. The van der Waals surface area contributed by atoms with E-state index in [1.54, 1.807) is 10.4 Å². The molecular formula is C14H23ClN2O2S2. The summed E-state index contributed by atoms with van der Waals surface area (Å²) >= 11 is 7.06. The van der Waals surface area contributed by atoms with E-state index in [-0.39, 0.29) is 0 Å². The van der Waals surface area contributed by atoms with E-state index in [2.05, 4.69) is 18.7 Å². The number of likely N-dealkylation sites (N-methyl/N-ethyl adjacent to an activating group) is 1. The monoisotopic (exact) mass is 350 g/mol. The number of alkyl halides is 1. The molecule has 0 aromatic carbocycles. The molecule has 0 radical (unpaired) electrons. The fourth-order valence-electron chi connectivity index (χ4n) is 2.82. The summed E-state index contributed by atoms with van der Waals surface area (Å²) in [6.45, 7) is 7.40. The summed E-state index contributed by atoms with van der Waals surface area (Å²) in [6.07, 6.45) is 1.64. The summed E-state index contributed by atoms with van der Waals surface area (Å²) in [7, 11) is -3.34. The molecule has 2 rings (SSSR count). The van der Waals surface area contributed by atoms with Crippen molar-refractivity contribution in [2.45, 2.75) is 36.9 Å². The Bertz CT molecular complexity index is 555. The molecule has 120 valence electrons. The number of hydrogen-bond acceptors (Lipinski definition) is 4. The number of nitrogens with zero attached hydrogens (tertiary/aromatic N) is 2. The van der Waals surface area contributed by atoms with Gasteiger partial charge in [0, 0.05) is 29.9 Å². The van der Waals surface area contributed by atoms with Crippen LogP contribution < -0.4 is 0 Å². The summed E-state index contributed by atoms with van der Waals surface area (Å²) in [4.78, 5) is 3.37. The van der Waals surface area contributed by atoms with Gasteiger partial charge in [-0.3, -0.25) is 4.90 Å². The van der Waals surface area contributed by atoms with E-state index < -0.39 is 10.0 Å². The molecule has 1 aliphatic rings. The lowest BCUT2D eigenvalue weighted by Crippen LogP contribution is -2.38. The van der Waals surface area contributed by atoms with E-state index in [1.807, 2.05) is 6.07 Å². The topological polar surface area (TPSA) is 40.6 Å². The number of aryl methyl sites for hydroxylation is 1. The van der Waals surface area contributed by atoms with E-state index in [0.29, 0.717) is 29.2 Å². The quantitative estimate of drug-likeness (QED) is 0.710. The molecule has 21 heavy (non-hydrogen) atoms. The van der Waals surface area contributed by atoms with Gasteiger partial charge in [-0.25, -0.2) is 8.42 Å². The fourth-order valence-corrected chi connectivity index (χ4v) is 6.14. The molecule has 1 saturated heterocycles. The maximum absolute atomic E-state index is 12.7. The van der Waals surface area contributed by atoms with Crippen molar-refractivity contribution in [2.24, 2.45) is 0 Å². The number of hydrogen-bond donors (Lipinski definition) is 0. The average molecular weight is 351 g/mol. The molecule has 2 heterocycles. The Balaban J connectivity index is 2.10. The summed E-state index contributed by atoms with van der Waals surface area (Å²) in [5.74, 6) is 0.522. The van der Waals surface area contributed by atoms with Crippen molar-refractivity contribution in [1.82, 2.24) is 9.21 Å². The highest BCUT2D eigenvalue weighted by molar-refractivity contribution is 7.91. The minimum absolute atomic E-state index is 0.344. The Morgan fingerprint density at radius 2 is 2.10 bits per heavy atom. The zero-order valence-electron chi connectivity index (χ0n) is 12.6. The second-order valence-electron chi connectivity index (χ2n) is 5.19. The molecule has 1 aliphatic heterocycles. The van der Waals surface area contributed by atoms with Gasteiger partial charge < -0.3 is 0 Å². The van der Waals surface area contributed by atoms with Crippen molar-refractivity contribution in [1.29, 1.82) is 0 Å². The Morgan fingerprint density at radius 1 is 1.38 bits per heavy atom. The van der Waals surface area contributed by atoms with Gasteiger partial charge in [-0.05, 0) is 38.1 Å². The molecule has 1 atom stereocenters. The van der Waals surface area contributed by atoms with Crippen LogP contribution in [0.3, 0.4) is 0 Å². The number of sulfonamides is 1. The van der Waals surface area contributed by atoms with Crippen LogP contribution in [-0.2, 0) is 16.4 Å². The van der Waals surface area contributed by atoms with Crippen LogP contribution in [0.4, 0.5) is 0 Å². The van der Waals surface area contributed by atoms with E-state index in [4.69, 9.17) is 11.6 Å². The summed E-state index contributed by atoms with van der Waals surface area (Å²) in [6, 6.07) is 3.93. The van der Waals surface area contributed by atoms with Gasteiger partial charge in [0.2, 0.25) is 0 Å². The largest absolute Gasteiger partial charge is 0.300 e. The van der Waals surface area contributed by atoms with Crippen molar-refractivity contribution < 1.29 is 8.42 Å². The molecule has 4 nitrogen and oxygen atoms in total. The minimum Gasteiger partial charge on any atom is -0.300 e. The van der Waals surface area contributed by atoms with Gasteiger partial charge >= 0.3 is 0 Å². The summed E-state index contributed by atoms with van der Waals surface area (Å²) in [5.41, 5.74) is 0. The highest BCUT2D eigenvalue weighted by atomic mass is 35.5. The van der Waals surface area contributed by atoms with E-state index in [1.165, 1.54) is 11.3 Å². The molecule has 0 aliphatic carbocycles. The summed E-state index contributed by atoms with van der Waals surface area (Å²) < 4.78 is 27.4. The Morgan fingerprint density at radius 3 is 2.71 bits per heavy atom. The molecular weight excluding hydrogens is 328 g/mol. The second kappa shape index (κ2) is 7.42. The standard InChI is InChI=1S/C14H23ClN2O2S2/c1-3-16(4-2)12-8-10-17(11-12)21(18,19)14-6-5-13(20-14)7-9-15/h5-6,12H,3-4,7-11H2,1-2H3. The van der Waals surface area contributed by atoms with Gasteiger partial charge in [0.05, 0.1) is 0 Å². The third-order valence-electron chi connectivity index (χ3n) is 4.03. The molecule has 0 amide bonds. The predicted molar refractivity (Wildman–Crippen MR) is 88.8 cm³/mol. The first-order valence-corrected chi connectivity index (χ1v) is 10.2. The van der Waals surface area contributed by atoms with Crippen molar-refractivity contribution in [3.8, 4) is 0 Å². The van der Waals surface area contributed by atoms with Crippen LogP contribution in [0.1, 0.15) is 25.1 Å². The Labute approximate surface area is 136 Å². The van der Waals surface area contributed by atoms with Crippen molar-refractivity contribution in [3.63, 3.8) is 0 Å². The maximum Gasteiger partial charge on any atom is 0.252 e. The first-order valence-electron chi connectivity index (χ1n) is 7.41. The minimum atomic E-state index is -3.34. The average Bonchev–Trinajstić information content (AvgIpc) is 3.10. The fraction of sp³-hybridized carbons (Fsp3) is 0.714. The predicted octanol–water partition coefficient (Wildman–Crippen LogP) is 2.63. The van der Waals surface area contributed by atoms with E-state index in [0.717, 1.165) is 30.8 Å². The lowest BCUT2D eigenvalue weighted by Gasteiger charge is -2.25. The second-order valence-corrected chi connectivity index (χ2v) is 8.90. The normalized spacial score (nSPS) is 20.5.